The van der Waals surface area contributed by atoms with Crippen LogP contribution in [0, 0.1) is 0 Å². The van der Waals surface area contributed by atoms with Gasteiger partial charge in [0, 0.05) is 20.6 Å². The molecule has 0 saturated carbocycles. The van der Waals surface area contributed by atoms with Crippen LogP contribution in [0.1, 0.15) is 18.1 Å². The van der Waals surface area contributed by atoms with E-state index < -0.39 is 0 Å². The number of nitrogens with zero attached hydrogens (tertiary/aromatic N) is 4. The third kappa shape index (κ3) is 4.62. The molecule has 0 aliphatic carbocycles. The van der Waals surface area contributed by atoms with Gasteiger partial charge in [-0.2, -0.15) is 5.10 Å². The SMILES string of the molecule is CCOc1cc(/C=N\n2cnnc2)c(Br)cc1OCc1ccccc1Cl. The van der Waals surface area contributed by atoms with Crippen LogP contribution in [0.2, 0.25) is 5.02 Å². The van der Waals surface area contributed by atoms with Gasteiger partial charge in [-0.25, -0.2) is 4.68 Å². The standard InChI is InChI=1S/C18H16BrClN4O2/c1-2-25-17-7-14(9-23-24-11-21-22-12-24)15(19)8-18(17)26-10-13-5-3-4-6-16(13)20/h3-9,11-12H,2,10H2,1H3/b23-9-. The number of rotatable bonds is 7. The maximum Gasteiger partial charge on any atom is 0.162 e. The third-order valence-electron chi connectivity index (χ3n) is 3.44. The van der Waals surface area contributed by atoms with E-state index in [4.69, 9.17) is 21.1 Å². The van der Waals surface area contributed by atoms with Crippen molar-refractivity contribution in [3.63, 3.8) is 0 Å². The summed E-state index contributed by atoms with van der Waals surface area (Å²) in [4.78, 5) is 0. The maximum absolute atomic E-state index is 6.19. The Kier molecular flexibility index (Phi) is 6.25. The smallest absolute Gasteiger partial charge is 0.162 e. The molecule has 0 bridgehead atoms. The van der Waals surface area contributed by atoms with E-state index in [0.717, 1.165) is 15.6 Å². The first kappa shape index (κ1) is 18.4. The molecule has 0 radical (unpaired) electrons. The van der Waals surface area contributed by atoms with Crippen LogP contribution < -0.4 is 9.47 Å². The van der Waals surface area contributed by atoms with E-state index in [2.05, 4.69) is 31.2 Å². The Labute approximate surface area is 164 Å². The van der Waals surface area contributed by atoms with E-state index in [-0.39, 0.29) is 0 Å². The summed E-state index contributed by atoms with van der Waals surface area (Å²) in [7, 11) is 0. The van der Waals surface area contributed by atoms with Gasteiger partial charge in [0.15, 0.2) is 11.5 Å². The summed E-state index contributed by atoms with van der Waals surface area (Å²) in [5.41, 5.74) is 1.75. The van der Waals surface area contributed by atoms with Gasteiger partial charge in [-0.05, 0) is 41.1 Å². The van der Waals surface area contributed by atoms with Crippen LogP contribution in [0.3, 0.4) is 0 Å². The average molecular weight is 436 g/mol. The number of benzene rings is 2. The lowest BCUT2D eigenvalue weighted by molar-refractivity contribution is 0.269. The van der Waals surface area contributed by atoms with Crippen molar-refractivity contribution in [1.82, 2.24) is 14.9 Å². The molecular formula is C18H16BrClN4O2. The number of ether oxygens (including phenoxy) is 2. The van der Waals surface area contributed by atoms with E-state index in [9.17, 15) is 0 Å². The lowest BCUT2D eigenvalue weighted by Crippen LogP contribution is -2.01. The van der Waals surface area contributed by atoms with Gasteiger partial charge in [-0.1, -0.05) is 29.8 Å². The topological polar surface area (TPSA) is 61.5 Å². The molecule has 3 rings (SSSR count). The second kappa shape index (κ2) is 8.82. The first-order chi connectivity index (χ1) is 12.7. The van der Waals surface area contributed by atoms with Crippen LogP contribution in [-0.4, -0.2) is 27.7 Å². The number of halogens is 2. The quantitative estimate of drug-likeness (QED) is 0.511. The van der Waals surface area contributed by atoms with Crippen molar-refractivity contribution in [2.75, 3.05) is 6.61 Å². The summed E-state index contributed by atoms with van der Waals surface area (Å²) in [6.45, 7) is 2.79. The molecule has 0 aliphatic rings. The largest absolute Gasteiger partial charge is 0.490 e. The molecule has 0 spiro atoms. The minimum Gasteiger partial charge on any atom is -0.490 e. The van der Waals surface area contributed by atoms with E-state index >= 15 is 0 Å². The fraction of sp³-hybridized carbons (Fsp3) is 0.167. The van der Waals surface area contributed by atoms with Crippen LogP contribution in [-0.2, 0) is 6.61 Å². The van der Waals surface area contributed by atoms with Gasteiger partial charge in [-0.3, -0.25) is 0 Å². The van der Waals surface area contributed by atoms with Crippen LogP contribution in [0.5, 0.6) is 11.5 Å². The van der Waals surface area contributed by atoms with Gasteiger partial charge in [-0.15, -0.1) is 10.2 Å². The molecule has 26 heavy (non-hydrogen) atoms. The van der Waals surface area contributed by atoms with Crippen LogP contribution in [0.15, 0.2) is 58.6 Å². The Morgan fingerprint density at radius 2 is 1.88 bits per heavy atom. The highest BCUT2D eigenvalue weighted by Gasteiger charge is 2.11. The molecule has 1 heterocycles. The first-order valence-electron chi connectivity index (χ1n) is 7.89. The van der Waals surface area contributed by atoms with Crippen molar-refractivity contribution in [2.45, 2.75) is 13.5 Å². The molecule has 3 aromatic rings. The number of aromatic nitrogens is 3. The normalized spacial score (nSPS) is 11.0. The minimum atomic E-state index is 0.348. The predicted octanol–water partition coefficient (Wildman–Crippen LogP) is 4.55. The molecule has 1 aromatic heterocycles. The Morgan fingerprint density at radius 1 is 1.15 bits per heavy atom. The monoisotopic (exact) mass is 434 g/mol. The summed E-state index contributed by atoms with van der Waals surface area (Å²) < 4.78 is 14.0. The van der Waals surface area contributed by atoms with Gasteiger partial charge >= 0.3 is 0 Å². The summed E-state index contributed by atoms with van der Waals surface area (Å²) in [5.74, 6) is 1.26. The Hall–Kier alpha value is -2.38. The highest BCUT2D eigenvalue weighted by atomic mass is 79.9. The maximum atomic E-state index is 6.19. The molecule has 8 heteroatoms. The highest BCUT2D eigenvalue weighted by molar-refractivity contribution is 9.10. The fourth-order valence-electron chi connectivity index (χ4n) is 2.19. The molecular weight excluding hydrogens is 420 g/mol. The van der Waals surface area contributed by atoms with Gasteiger partial charge < -0.3 is 9.47 Å². The molecule has 0 aliphatic heterocycles. The van der Waals surface area contributed by atoms with Crippen molar-refractivity contribution < 1.29 is 9.47 Å². The molecule has 0 amide bonds. The molecule has 134 valence electrons. The summed E-state index contributed by atoms with van der Waals surface area (Å²) in [6, 6.07) is 11.3. The van der Waals surface area contributed by atoms with Crippen molar-refractivity contribution in [3.8, 4) is 11.5 Å². The molecule has 0 fully saturated rings. The fourth-order valence-corrected chi connectivity index (χ4v) is 2.80. The number of hydrogen-bond donors (Lipinski definition) is 0. The van der Waals surface area contributed by atoms with Crippen LogP contribution in [0.4, 0.5) is 0 Å². The molecule has 0 atom stereocenters. The zero-order valence-corrected chi connectivity index (χ0v) is 16.3. The zero-order chi connectivity index (χ0) is 18.4. The zero-order valence-electron chi connectivity index (χ0n) is 14.0. The molecule has 0 N–H and O–H groups in total. The second-order valence-corrected chi connectivity index (χ2v) is 6.48. The molecule has 0 unspecified atom stereocenters. The summed E-state index contributed by atoms with van der Waals surface area (Å²) in [6.07, 6.45) is 4.71. The van der Waals surface area contributed by atoms with Crippen molar-refractivity contribution in [1.29, 1.82) is 0 Å². The molecule has 6 nitrogen and oxygen atoms in total. The van der Waals surface area contributed by atoms with Crippen LogP contribution >= 0.6 is 27.5 Å². The van der Waals surface area contributed by atoms with E-state index in [1.807, 2.05) is 43.3 Å². The van der Waals surface area contributed by atoms with Gasteiger partial charge in [0.25, 0.3) is 0 Å². The second-order valence-electron chi connectivity index (χ2n) is 5.22. The van der Waals surface area contributed by atoms with Crippen LogP contribution in [0.25, 0.3) is 0 Å². The van der Waals surface area contributed by atoms with E-state index in [1.54, 1.807) is 6.21 Å². The van der Waals surface area contributed by atoms with Crippen molar-refractivity contribution in [2.24, 2.45) is 5.10 Å². The first-order valence-corrected chi connectivity index (χ1v) is 9.06. The molecule has 2 aromatic carbocycles. The molecule has 0 saturated heterocycles. The Bertz CT molecular complexity index is 900. The van der Waals surface area contributed by atoms with E-state index in [0.29, 0.717) is 29.7 Å². The third-order valence-corrected chi connectivity index (χ3v) is 4.50. The Morgan fingerprint density at radius 3 is 2.62 bits per heavy atom. The summed E-state index contributed by atoms with van der Waals surface area (Å²) in [5, 5.41) is 12.3. The van der Waals surface area contributed by atoms with E-state index in [1.165, 1.54) is 17.3 Å². The van der Waals surface area contributed by atoms with Crippen molar-refractivity contribution >= 4 is 33.7 Å². The number of hydrogen-bond acceptors (Lipinski definition) is 5. The van der Waals surface area contributed by atoms with Gasteiger partial charge in [0.2, 0.25) is 0 Å². The van der Waals surface area contributed by atoms with Gasteiger partial charge in [0.05, 0.1) is 12.8 Å². The average Bonchev–Trinajstić information content (AvgIpc) is 3.15. The lowest BCUT2D eigenvalue weighted by Gasteiger charge is -2.14. The lowest BCUT2D eigenvalue weighted by atomic mass is 10.2. The Balaban J connectivity index is 1.83. The minimum absolute atomic E-state index is 0.348. The highest BCUT2D eigenvalue weighted by Crippen LogP contribution is 2.34. The predicted molar refractivity (Wildman–Crippen MR) is 104 cm³/mol. The summed E-state index contributed by atoms with van der Waals surface area (Å²) >= 11 is 9.73. The van der Waals surface area contributed by atoms with Crippen molar-refractivity contribution in [3.05, 3.63) is 69.7 Å². The van der Waals surface area contributed by atoms with Gasteiger partial charge in [0.1, 0.15) is 19.3 Å².